The fourth-order valence-corrected chi connectivity index (χ4v) is 2.26. The number of rotatable bonds is 3. The van der Waals surface area contributed by atoms with Crippen LogP contribution < -0.4 is 9.47 Å². The molecular formula is C14H17ClO4. The first-order chi connectivity index (χ1) is 8.90. The van der Waals surface area contributed by atoms with E-state index in [4.69, 9.17) is 26.2 Å². The van der Waals surface area contributed by atoms with Crippen LogP contribution in [0.1, 0.15) is 25.8 Å². The molecule has 1 aromatic rings. The summed E-state index contributed by atoms with van der Waals surface area (Å²) >= 11 is 6.18. The molecule has 1 aliphatic rings. The summed E-state index contributed by atoms with van der Waals surface area (Å²) in [6, 6.07) is 3.57. The number of aliphatic carboxylic acids is 1. The van der Waals surface area contributed by atoms with Crippen molar-refractivity contribution >= 4 is 17.6 Å². The molecule has 0 bridgehead atoms. The highest BCUT2D eigenvalue weighted by atomic mass is 35.5. The second-order valence-corrected chi connectivity index (χ2v) is 5.73. The summed E-state index contributed by atoms with van der Waals surface area (Å²) < 4.78 is 11.1. The van der Waals surface area contributed by atoms with Crippen molar-refractivity contribution in [3.05, 3.63) is 22.7 Å². The summed E-state index contributed by atoms with van der Waals surface area (Å²) in [7, 11) is 0. The summed E-state index contributed by atoms with van der Waals surface area (Å²) in [5, 5.41) is 9.63. The molecule has 1 heterocycles. The molecule has 0 radical (unpaired) electrons. The van der Waals surface area contributed by atoms with E-state index < -0.39 is 11.4 Å². The van der Waals surface area contributed by atoms with Gasteiger partial charge in [-0.15, -0.1) is 0 Å². The molecule has 5 heteroatoms. The number of carbonyl (C=O) groups is 1. The standard InChI is InChI=1S/C14H17ClO4/c1-14(2,13(16)17)8-9-6-10(15)12-11(7-9)18-4-3-5-19-12/h6-7H,3-5,8H2,1-2H3,(H,16,17). The fourth-order valence-electron chi connectivity index (χ4n) is 1.97. The number of fused-ring (bicyclic) bond motifs is 1. The van der Waals surface area contributed by atoms with Crippen LogP contribution in [0.4, 0.5) is 0 Å². The van der Waals surface area contributed by atoms with Gasteiger partial charge in [0.2, 0.25) is 0 Å². The van der Waals surface area contributed by atoms with Crippen molar-refractivity contribution in [3.8, 4) is 11.5 Å². The van der Waals surface area contributed by atoms with E-state index in [0.717, 1.165) is 12.0 Å². The lowest BCUT2D eigenvalue weighted by atomic mass is 9.86. The molecule has 2 rings (SSSR count). The number of carboxylic acids is 1. The third-order valence-corrected chi connectivity index (χ3v) is 3.37. The molecule has 19 heavy (non-hydrogen) atoms. The third-order valence-electron chi connectivity index (χ3n) is 3.09. The lowest BCUT2D eigenvalue weighted by Gasteiger charge is -2.20. The Hall–Kier alpha value is -1.42. The molecule has 1 aliphatic heterocycles. The van der Waals surface area contributed by atoms with Crippen molar-refractivity contribution < 1.29 is 19.4 Å². The first-order valence-electron chi connectivity index (χ1n) is 6.21. The molecular weight excluding hydrogens is 268 g/mol. The molecule has 104 valence electrons. The number of hydrogen-bond acceptors (Lipinski definition) is 3. The second-order valence-electron chi connectivity index (χ2n) is 5.32. The van der Waals surface area contributed by atoms with Gasteiger partial charge < -0.3 is 14.6 Å². The summed E-state index contributed by atoms with van der Waals surface area (Å²) in [4.78, 5) is 11.2. The van der Waals surface area contributed by atoms with Gasteiger partial charge in [0.15, 0.2) is 11.5 Å². The average molecular weight is 285 g/mol. The predicted molar refractivity (Wildman–Crippen MR) is 72.2 cm³/mol. The van der Waals surface area contributed by atoms with Crippen LogP contribution in [-0.4, -0.2) is 24.3 Å². The summed E-state index contributed by atoms with van der Waals surface area (Å²) in [5.41, 5.74) is -0.00923. The van der Waals surface area contributed by atoms with Gasteiger partial charge in [0.25, 0.3) is 0 Å². The SMILES string of the molecule is CC(C)(Cc1cc(Cl)c2c(c1)OCCCO2)C(=O)O. The molecule has 0 aliphatic carbocycles. The van der Waals surface area contributed by atoms with E-state index in [-0.39, 0.29) is 0 Å². The Morgan fingerprint density at radius 1 is 1.37 bits per heavy atom. The van der Waals surface area contributed by atoms with E-state index in [1.807, 2.05) is 6.07 Å². The van der Waals surface area contributed by atoms with Crippen molar-refractivity contribution in [2.24, 2.45) is 5.41 Å². The largest absolute Gasteiger partial charge is 0.489 e. The van der Waals surface area contributed by atoms with Gasteiger partial charge in [-0.2, -0.15) is 0 Å². The molecule has 0 fully saturated rings. The minimum atomic E-state index is -0.844. The monoisotopic (exact) mass is 284 g/mol. The average Bonchev–Trinajstić information content (AvgIpc) is 2.53. The zero-order chi connectivity index (χ0) is 14.0. The highest BCUT2D eigenvalue weighted by molar-refractivity contribution is 6.32. The van der Waals surface area contributed by atoms with Gasteiger partial charge in [-0.1, -0.05) is 11.6 Å². The first kappa shape index (κ1) is 14.0. The highest BCUT2D eigenvalue weighted by Crippen LogP contribution is 2.39. The molecule has 0 spiro atoms. The van der Waals surface area contributed by atoms with Gasteiger partial charge >= 0.3 is 5.97 Å². The normalized spacial score (nSPS) is 14.9. The van der Waals surface area contributed by atoms with Crippen LogP contribution >= 0.6 is 11.6 Å². The summed E-state index contributed by atoms with van der Waals surface area (Å²) in [6.07, 6.45) is 1.19. The van der Waals surface area contributed by atoms with Crippen LogP contribution in [-0.2, 0) is 11.2 Å². The van der Waals surface area contributed by atoms with E-state index in [1.54, 1.807) is 19.9 Å². The third kappa shape index (κ3) is 3.13. The molecule has 0 saturated carbocycles. The maximum Gasteiger partial charge on any atom is 0.309 e. The van der Waals surface area contributed by atoms with Crippen molar-refractivity contribution in [1.29, 1.82) is 0 Å². The van der Waals surface area contributed by atoms with Gasteiger partial charge in [0, 0.05) is 6.42 Å². The Bertz CT molecular complexity index is 496. The zero-order valence-corrected chi connectivity index (χ0v) is 11.8. The number of carboxylic acid groups (broad SMARTS) is 1. The van der Waals surface area contributed by atoms with E-state index in [9.17, 15) is 4.79 Å². The van der Waals surface area contributed by atoms with E-state index in [2.05, 4.69) is 0 Å². The van der Waals surface area contributed by atoms with Crippen LogP contribution in [0.15, 0.2) is 12.1 Å². The van der Waals surface area contributed by atoms with Crippen LogP contribution in [0.3, 0.4) is 0 Å². The van der Waals surface area contributed by atoms with Crippen LogP contribution in [0.25, 0.3) is 0 Å². The van der Waals surface area contributed by atoms with E-state index >= 15 is 0 Å². The van der Waals surface area contributed by atoms with Gasteiger partial charge in [0.1, 0.15) is 0 Å². The van der Waals surface area contributed by atoms with Gasteiger partial charge in [-0.05, 0) is 38.0 Å². The van der Waals surface area contributed by atoms with Crippen molar-refractivity contribution in [1.82, 2.24) is 0 Å². The molecule has 4 nitrogen and oxygen atoms in total. The lowest BCUT2D eigenvalue weighted by Crippen LogP contribution is -2.26. The van der Waals surface area contributed by atoms with Crippen LogP contribution in [0.5, 0.6) is 11.5 Å². The van der Waals surface area contributed by atoms with Gasteiger partial charge in [-0.25, -0.2) is 0 Å². The van der Waals surface area contributed by atoms with Gasteiger partial charge in [-0.3, -0.25) is 4.79 Å². The van der Waals surface area contributed by atoms with Crippen molar-refractivity contribution in [2.75, 3.05) is 13.2 Å². The maximum absolute atomic E-state index is 11.2. The molecule has 0 unspecified atom stereocenters. The Morgan fingerprint density at radius 3 is 2.74 bits per heavy atom. The van der Waals surface area contributed by atoms with E-state index in [1.165, 1.54) is 0 Å². The second kappa shape index (κ2) is 5.29. The lowest BCUT2D eigenvalue weighted by molar-refractivity contribution is -0.146. The minimum absolute atomic E-state index is 0.388. The topological polar surface area (TPSA) is 55.8 Å². The van der Waals surface area contributed by atoms with E-state index in [0.29, 0.717) is 36.2 Å². The smallest absolute Gasteiger partial charge is 0.309 e. The number of ether oxygens (including phenoxy) is 2. The number of benzene rings is 1. The highest BCUT2D eigenvalue weighted by Gasteiger charge is 2.28. The zero-order valence-electron chi connectivity index (χ0n) is 11.0. The Kier molecular flexibility index (Phi) is 3.90. The Balaban J connectivity index is 2.31. The molecule has 1 aromatic carbocycles. The molecule has 0 amide bonds. The first-order valence-corrected chi connectivity index (χ1v) is 6.59. The maximum atomic E-state index is 11.2. The summed E-state index contributed by atoms with van der Waals surface area (Å²) in [6.45, 7) is 4.53. The van der Waals surface area contributed by atoms with Crippen molar-refractivity contribution in [2.45, 2.75) is 26.7 Å². The van der Waals surface area contributed by atoms with Crippen LogP contribution in [0.2, 0.25) is 5.02 Å². The quantitative estimate of drug-likeness (QED) is 0.926. The van der Waals surface area contributed by atoms with Crippen molar-refractivity contribution in [3.63, 3.8) is 0 Å². The summed E-state index contributed by atoms with van der Waals surface area (Å²) in [5.74, 6) is 0.313. The molecule has 0 aromatic heterocycles. The molecule has 0 saturated heterocycles. The van der Waals surface area contributed by atoms with Crippen LogP contribution in [0, 0.1) is 5.41 Å². The number of hydrogen-bond donors (Lipinski definition) is 1. The fraction of sp³-hybridized carbons (Fsp3) is 0.500. The molecule has 0 atom stereocenters. The predicted octanol–water partition coefficient (Wildman–Crippen LogP) is 3.15. The Labute approximate surface area is 117 Å². The van der Waals surface area contributed by atoms with Gasteiger partial charge in [0.05, 0.1) is 23.7 Å². The molecule has 1 N–H and O–H groups in total. The Morgan fingerprint density at radius 2 is 2.05 bits per heavy atom. The number of halogens is 1. The minimum Gasteiger partial charge on any atom is -0.489 e.